The first-order valence-corrected chi connectivity index (χ1v) is 10.2. The molecule has 1 aromatic carbocycles. The molecule has 0 saturated carbocycles. The van der Waals surface area contributed by atoms with Crippen LogP contribution in [0.1, 0.15) is 41.1 Å². The number of fused-ring (bicyclic) bond motifs is 1. The summed E-state index contributed by atoms with van der Waals surface area (Å²) in [6.45, 7) is 11.5. The lowest BCUT2D eigenvalue weighted by atomic mass is 9.96. The third-order valence-electron chi connectivity index (χ3n) is 5.99. The van der Waals surface area contributed by atoms with Gasteiger partial charge in [-0.2, -0.15) is 4.98 Å². The number of nitrogens with zero attached hydrogens (tertiary/aromatic N) is 3. The van der Waals surface area contributed by atoms with Crippen LogP contribution in [0, 0.1) is 40.5 Å². The fourth-order valence-electron chi connectivity index (χ4n) is 4.01. The highest BCUT2D eigenvalue weighted by atomic mass is 16.3. The molecule has 4 rings (SSSR count). The summed E-state index contributed by atoms with van der Waals surface area (Å²) in [5, 5.41) is 4.06. The Hall–Kier alpha value is -2.89. The van der Waals surface area contributed by atoms with Gasteiger partial charge in [-0.05, 0) is 70.7 Å². The van der Waals surface area contributed by atoms with Crippen molar-refractivity contribution in [3.63, 3.8) is 0 Å². The number of furan rings is 1. The summed E-state index contributed by atoms with van der Waals surface area (Å²) in [5.74, 6) is 2.42. The molecular formula is C23H28N4O2. The lowest BCUT2D eigenvalue weighted by Gasteiger charge is -2.33. The smallest absolute Gasteiger partial charge is 0.231 e. The Labute approximate surface area is 171 Å². The zero-order chi connectivity index (χ0) is 20.7. The number of rotatable bonds is 3. The molecule has 1 aliphatic rings. The molecule has 1 saturated heterocycles. The summed E-state index contributed by atoms with van der Waals surface area (Å²) in [4.78, 5) is 24.3. The minimum atomic E-state index is -0.0796. The van der Waals surface area contributed by atoms with Crippen LogP contribution in [0.3, 0.4) is 0 Å². The fraction of sp³-hybridized carbons (Fsp3) is 0.435. The van der Waals surface area contributed by atoms with Crippen LogP contribution in [-0.2, 0) is 4.79 Å². The number of hydrogen-bond donors (Lipinski definition) is 1. The number of anilines is 2. The van der Waals surface area contributed by atoms with Crippen molar-refractivity contribution in [1.82, 2.24) is 9.97 Å². The van der Waals surface area contributed by atoms with E-state index < -0.39 is 0 Å². The Balaban J connectivity index is 1.58. The Bertz CT molecular complexity index is 1090. The summed E-state index contributed by atoms with van der Waals surface area (Å²) < 4.78 is 5.83. The van der Waals surface area contributed by atoms with Crippen LogP contribution in [0.2, 0.25) is 0 Å². The predicted molar refractivity (Wildman–Crippen MR) is 115 cm³/mol. The van der Waals surface area contributed by atoms with Crippen molar-refractivity contribution >= 4 is 28.5 Å². The van der Waals surface area contributed by atoms with E-state index in [0.717, 1.165) is 47.6 Å². The van der Waals surface area contributed by atoms with Crippen molar-refractivity contribution in [1.29, 1.82) is 0 Å². The third-order valence-corrected chi connectivity index (χ3v) is 5.99. The molecule has 0 aliphatic carbocycles. The molecule has 0 radical (unpaired) electrons. The van der Waals surface area contributed by atoms with Gasteiger partial charge in [0.2, 0.25) is 11.6 Å². The van der Waals surface area contributed by atoms with Crippen molar-refractivity contribution in [3.8, 4) is 0 Å². The van der Waals surface area contributed by atoms with Gasteiger partial charge in [-0.1, -0.05) is 6.07 Å². The van der Waals surface area contributed by atoms with Crippen LogP contribution >= 0.6 is 0 Å². The number of hydrogen-bond acceptors (Lipinski definition) is 5. The zero-order valence-electron chi connectivity index (χ0n) is 17.8. The first kappa shape index (κ1) is 19.4. The number of carbonyl (C=O) groups excluding carboxylic acids is 1. The van der Waals surface area contributed by atoms with Gasteiger partial charge in [0.25, 0.3) is 0 Å². The molecule has 1 unspecified atom stereocenters. The minimum absolute atomic E-state index is 0.0695. The minimum Gasteiger partial charge on any atom is -0.443 e. The van der Waals surface area contributed by atoms with E-state index >= 15 is 0 Å². The van der Waals surface area contributed by atoms with Gasteiger partial charge >= 0.3 is 0 Å². The molecule has 0 spiro atoms. The molecule has 3 aromatic rings. The topological polar surface area (TPSA) is 71.3 Å². The van der Waals surface area contributed by atoms with Crippen LogP contribution in [0.15, 0.2) is 22.6 Å². The average molecular weight is 393 g/mol. The summed E-state index contributed by atoms with van der Waals surface area (Å²) in [6.07, 6.45) is 1.83. The second kappa shape index (κ2) is 7.50. The molecule has 1 fully saturated rings. The summed E-state index contributed by atoms with van der Waals surface area (Å²) in [7, 11) is 0. The maximum Gasteiger partial charge on any atom is 0.231 e. The Morgan fingerprint density at radius 3 is 2.69 bits per heavy atom. The van der Waals surface area contributed by atoms with Crippen LogP contribution in [0.5, 0.6) is 0 Å². The van der Waals surface area contributed by atoms with Gasteiger partial charge in [0.05, 0.1) is 11.3 Å². The van der Waals surface area contributed by atoms with Gasteiger partial charge < -0.3 is 14.6 Å². The number of carbonyl (C=O) groups is 1. The lowest BCUT2D eigenvalue weighted by molar-refractivity contribution is -0.120. The number of piperidine rings is 1. The van der Waals surface area contributed by atoms with Crippen LogP contribution in [0.4, 0.5) is 11.5 Å². The number of amides is 1. The summed E-state index contributed by atoms with van der Waals surface area (Å²) in [6, 6.07) is 6.04. The van der Waals surface area contributed by atoms with E-state index in [-0.39, 0.29) is 11.8 Å². The monoisotopic (exact) mass is 392 g/mol. The Kier molecular flexibility index (Phi) is 5.03. The molecule has 0 bridgehead atoms. The van der Waals surface area contributed by atoms with Gasteiger partial charge in [-0.3, -0.25) is 4.79 Å². The largest absolute Gasteiger partial charge is 0.443 e. The number of nitrogens with one attached hydrogen (secondary N) is 1. The van der Waals surface area contributed by atoms with E-state index in [1.54, 1.807) is 0 Å². The highest BCUT2D eigenvalue weighted by Gasteiger charge is 2.29. The van der Waals surface area contributed by atoms with Gasteiger partial charge in [-0.25, -0.2) is 4.98 Å². The van der Waals surface area contributed by atoms with Crippen molar-refractivity contribution < 1.29 is 9.21 Å². The highest BCUT2D eigenvalue weighted by molar-refractivity contribution is 5.94. The van der Waals surface area contributed by atoms with E-state index in [4.69, 9.17) is 9.40 Å². The standard InChI is InChI=1S/C23H28N4O2/c1-13-8-9-19(11-14(13)2)26-22(28)18-7-6-10-27(12-18)21-20-15(3)16(4)29-23(20)25-17(5)24-21/h8-9,11,18H,6-7,10,12H2,1-5H3,(H,26,28). The van der Waals surface area contributed by atoms with E-state index in [1.807, 2.05) is 39.0 Å². The predicted octanol–water partition coefficient (Wildman–Crippen LogP) is 4.62. The van der Waals surface area contributed by atoms with Gasteiger partial charge in [0.15, 0.2) is 0 Å². The normalized spacial score (nSPS) is 17.0. The second-order valence-electron chi connectivity index (χ2n) is 8.13. The van der Waals surface area contributed by atoms with Gasteiger partial charge in [0.1, 0.15) is 17.4 Å². The molecule has 152 valence electrons. The lowest BCUT2D eigenvalue weighted by Crippen LogP contribution is -2.41. The van der Waals surface area contributed by atoms with Crippen LogP contribution in [-0.4, -0.2) is 29.0 Å². The van der Waals surface area contributed by atoms with Crippen molar-refractivity contribution in [2.75, 3.05) is 23.3 Å². The molecule has 6 nitrogen and oxygen atoms in total. The third kappa shape index (κ3) is 3.71. The summed E-state index contributed by atoms with van der Waals surface area (Å²) >= 11 is 0. The molecule has 1 atom stereocenters. The average Bonchev–Trinajstić information content (AvgIpc) is 2.97. The molecule has 1 aliphatic heterocycles. The zero-order valence-corrected chi connectivity index (χ0v) is 17.8. The number of benzene rings is 1. The molecule has 1 N–H and O–H groups in total. The molecule has 29 heavy (non-hydrogen) atoms. The van der Waals surface area contributed by atoms with Crippen molar-refractivity contribution in [3.05, 3.63) is 46.5 Å². The molecule has 3 heterocycles. The van der Waals surface area contributed by atoms with Crippen molar-refractivity contribution in [2.24, 2.45) is 5.92 Å². The maximum atomic E-state index is 13.0. The maximum absolute atomic E-state index is 13.0. The van der Waals surface area contributed by atoms with Gasteiger partial charge in [0, 0.05) is 24.3 Å². The quantitative estimate of drug-likeness (QED) is 0.704. The van der Waals surface area contributed by atoms with Crippen LogP contribution < -0.4 is 10.2 Å². The van der Waals surface area contributed by atoms with E-state index in [0.29, 0.717) is 18.1 Å². The summed E-state index contributed by atoms with van der Waals surface area (Å²) in [5.41, 5.74) is 4.95. The van der Waals surface area contributed by atoms with E-state index in [2.05, 4.69) is 29.0 Å². The SMILES string of the molecule is Cc1nc(N2CCCC(C(=O)Nc3ccc(C)c(C)c3)C2)c2c(C)c(C)oc2n1. The molecule has 1 amide bonds. The molecular weight excluding hydrogens is 364 g/mol. The van der Waals surface area contributed by atoms with Crippen LogP contribution in [0.25, 0.3) is 11.1 Å². The second-order valence-corrected chi connectivity index (χ2v) is 8.13. The molecule has 2 aromatic heterocycles. The number of aromatic nitrogens is 2. The fourth-order valence-corrected chi connectivity index (χ4v) is 4.01. The van der Waals surface area contributed by atoms with E-state index in [9.17, 15) is 4.79 Å². The Morgan fingerprint density at radius 1 is 1.14 bits per heavy atom. The van der Waals surface area contributed by atoms with Gasteiger partial charge in [-0.15, -0.1) is 0 Å². The highest BCUT2D eigenvalue weighted by Crippen LogP contribution is 2.33. The first-order chi connectivity index (χ1) is 13.8. The first-order valence-electron chi connectivity index (χ1n) is 10.2. The van der Waals surface area contributed by atoms with Crippen molar-refractivity contribution in [2.45, 2.75) is 47.5 Å². The Morgan fingerprint density at radius 2 is 1.93 bits per heavy atom. The van der Waals surface area contributed by atoms with E-state index in [1.165, 1.54) is 11.1 Å². The number of aryl methyl sites for hydroxylation is 5. The molecule has 6 heteroatoms.